The summed E-state index contributed by atoms with van der Waals surface area (Å²) in [6.45, 7) is -0.426. The second-order valence-electron chi connectivity index (χ2n) is 3.89. The predicted molar refractivity (Wildman–Crippen MR) is 68.9 cm³/mol. The number of carbonyl (C=O) groups is 1. The molecule has 4 nitrogen and oxygen atoms in total. The van der Waals surface area contributed by atoms with Gasteiger partial charge in [-0.2, -0.15) is 0 Å². The molecule has 2 rings (SSSR count). The summed E-state index contributed by atoms with van der Waals surface area (Å²) < 4.78 is 13.6. The van der Waals surface area contributed by atoms with Gasteiger partial charge in [0.2, 0.25) is 0 Å². The maximum absolute atomic E-state index is 13.6. The standard InChI is InChI=1S/C14H12FNO3/c15-13-8-12(7-6-10(13)9-17)16(14(18)19)11-4-2-1-3-5-11/h1-8,17H,9H2,(H,18,19). The molecule has 0 saturated carbocycles. The average Bonchev–Trinajstić information content (AvgIpc) is 2.40. The summed E-state index contributed by atoms with van der Waals surface area (Å²) in [5.74, 6) is -0.637. The number of para-hydroxylation sites is 1. The van der Waals surface area contributed by atoms with E-state index in [-0.39, 0.29) is 11.3 Å². The molecule has 0 spiro atoms. The van der Waals surface area contributed by atoms with Gasteiger partial charge in [-0.3, -0.25) is 0 Å². The zero-order valence-corrected chi connectivity index (χ0v) is 9.95. The van der Waals surface area contributed by atoms with Gasteiger partial charge in [0.1, 0.15) is 5.82 Å². The van der Waals surface area contributed by atoms with Crippen molar-refractivity contribution in [3.63, 3.8) is 0 Å². The fraction of sp³-hybridized carbons (Fsp3) is 0.0714. The van der Waals surface area contributed by atoms with Crippen LogP contribution in [0.25, 0.3) is 0 Å². The Morgan fingerprint density at radius 3 is 2.32 bits per heavy atom. The normalized spacial score (nSPS) is 10.2. The van der Waals surface area contributed by atoms with E-state index in [4.69, 9.17) is 5.11 Å². The van der Waals surface area contributed by atoms with Crippen molar-refractivity contribution >= 4 is 17.5 Å². The predicted octanol–water partition coefficient (Wildman–Crippen LogP) is 3.13. The number of benzene rings is 2. The highest BCUT2D eigenvalue weighted by atomic mass is 19.1. The van der Waals surface area contributed by atoms with Gasteiger partial charge in [-0.15, -0.1) is 0 Å². The van der Waals surface area contributed by atoms with Gasteiger partial charge >= 0.3 is 6.09 Å². The van der Waals surface area contributed by atoms with E-state index in [9.17, 15) is 14.3 Å². The molecule has 0 atom stereocenters. The van der Waals surface area contributed by atoms with Crippen molar-refractivity contribution < 1.29 is 19.4 Å². The number of amides is 1. The first-order chi connectivity index (χ1) is 9.13. The summed E-state index contributed by atoms with van der Waals surface area (Å²) in [5, 5.41) is 18.2. The molecular formula is C14H12FNO3. The third-order valence-electron chi connectivity index (χ3n) is 2.67. The molecule has 0 aliphatic rings. The number of rotatable bonds is 3. The van der Waals surface area contributed by atoms with E-state index < -0.39 is 18.5 Å². The highest BCUT2D eigenvalue weighted by Crippen LogP contribution is 2.27. The molecule has 0 fully saturated rings. The summed E-state index contributed by atoms with van der Waals surface area (Å²) in [6, 6.07) is 12.3. The average molecular weight is 261 g/mol. The largest absolute Gasteiger partial charge is 0.464 e. The topological polar surface area (TPSA) is 60.8 Å². The Kier molecular flexibility index (Phi) is 3.77. The first-order valence-electron chi connectivity index (χ1n) is 5.61. The fourth-order valence-electron chi connectivity index (χ4n) is 1.75. The zero-order valence-electron chi connectivity index (χ0n) is 9.95. The van der Waals surface area contributed by atoms with Crippen LogP contribution >= 0.6 is 0 Å². The lowest BCUT2D eigenvalue weighted by molar-refractivity contribution is 0.205. The van der Waals surface area contributed by atoms with Crippen LogP contribution in [0.15, 0.2) is 48.5 Å². The molecule has 0 saturated heterocycles. The van der Waals surface area contributed by atoms with Crippen LogP contribution in [0.5, 0.6) is 0 Å². The van der Waals surface area contributed by atoms with Crippen LogP contribution in [0.2, 0.25) is 0 Å². The molecule has 98 valence electrons. The monoisotopic (exact) mass is 261 g/mol. The first kappa shape index (κ1) is 13.0. The van der Waals surface area contributed by atoms with Crippen molar-refractivity contribution in [2.24, 2.45) is 0 Å². The van der Waals surface area contributed by atoms with Crippen LogP contribution < -0.4 is 4.90 Å². The van der Waals surface area contributed by atoms with E-state index in [2.05, 4.69) is 0 Å². The molecule has 0 radical (unpaired) electrons. The van der Waals surface area contributed by atoms with Gasteiger partial charge in [0.15, 0.2) is 0 Å². The minimum absolute atomic E-state index is 0.127. The van der Waals surface area contributed by atoms with Crippen molar-refractivity contribution in [2.75, 3.05) is 4.90 Å². The lowest BCUT2D eigenvalue weighted by atomic mass is 10.2. The van der Waals surface area contributed by atoms with Gasteiger partial charge in [-0.25, -0.2) is 14.1 Å². The second kappa shape index (κ2) is 5.49. The summed E-state index contributed by atoms with van der Waals surface area (Å²) in [7, 11) is 0. The summed E-state index contributed by atoms with van der Waals surface area (Å²) in [6.07, 6.45) is -1.21. The smallest absolute Gasteiger partial charge is 0.416 e. The number of hydrogen-bond acceptors (Lipinski definition) is 2. The lowest BCUT2D eigenvalue weighted by Crippen LogP contribution is -2.23. The Labute approximate surface area is 109 Å². The Morgan fingerprint density at radius 1 is 1.11 bits per heavy atom. The molecule has 0 aliphatic heterocycles. The van der Waals surface area contributed by atoms with E-state index in [0.29, 0.717) is 5.69 Å². The maximum atomic E-state index is 13.6. The van der Waals surface area contributed by atoms with Crippen LogP contribution in [-0.4, -0.2) is 16.3 Å². The molecule has 2 aromatic carbocycles. The van der Waals surface area contributed by atoms with E-state index >= 15 is 0 Å². The van der Waals surface area contributed by atoms with Crippen LogP contribution in [0.3, 0.4) is 0 Å². The number of nitrogens with zero attached hydrogens (tertiary/aromatic N) is 1. The molecule has 0 aliphatic carbocycles. The van der Waals surface area contributed by atoms with E-state index in [1.807, 2.05) is 0 Å². The SMILES string of the molecule is O=C(O)N(c1ccccc1)c1ccc(CO)c(F)c1. The number of aliphatic hydroxyl groups is 1. The van der Waals surface area contributed by atoms with E-state index in [0.717, 1.165) is 11.0 Å². The third kappa shape index (κ3) is 2.71. The number of carboxylic acid groups (broad SMARTS) is 1. The molecule has 0 aromatic heterocycles. The first-order valence-corrected chi connectivity index (χ1v) is 5.61. The van der Waals surface area contributed by atoms with Gasteiger partial charge in [-0.1, -0.05) is 24.3 Å². The lowest BCUT2D eigenvalue weighted by Gasteiger charge is -2.19. The third-order valence-corrected chi connectivity index (χ3v) is 2.67. The van der Waals surface area contributed by atoms with Gasteiger partial charge in [0.05, 0.1) is 18.0 Å². The Balaban J connectivity index is 2.46. The van der Waals surface area contributed by atoms with Crippen molar-refractivity contribution in [3.8, 4) is 0 Å². The molecule has 19 heavy (non-hydrogen) atoms. The summed E-state index contributed by atoms with van der Waals surface area (Å²) >= 11 is 0. The van der Waals surface area contributed by atoms with Crippen LogP contribution in [0.1, 0.15) is 5.56 Å². The second-order valence-corrected chi connectivity index (χ2v) is 3.89. The molecule has 5 heteroatoms. The van der Waals surface area contributed by atoms with E-state index in [1.54, 1.807) is 30.3 Å². The number of halogens is 1. The molecule has 0 heterocycles. The number of aliphatic hydroxyl groups excluding tert-OH is 1. The maximum Gasteiger partial charge on any atom is 0.416 e. The van der Waals surface area contributed by atoms with Crippen LogP contribution in [-0.2, 0) is 6.61 Å². The van der Waals surface area contributed by atoms with Gasteiger partial charge in [-0.05, 0) is 24.3 Å². The Hall–Kier alpha value is -2.40. The molecular weight excluding hydrogens is 249 g/mol. The summed E-state index contributed by atoms with van der Waals surface area (Å²) in [5.41, 5.74) is 0.738. The number of hydrogen-bond donors (Lipinski definition) is 2. The molecule has 2 N–H and O–H groups in total. The Morgan fingerprint density at radius 2 is 1.79 bits per heavy atom. The fourth-order valence-corrected chi connectivity index (χ4v) is 1.75. The van der Waals surface area contributed by atoms with Gasteiger partial charge in [0.25, 0.3) is 0 Å². The van der Waals surface area contributed by atoms with Crippen molar-refractivity contribution in [1.82, 2.24) is 0 Å². The highest BCUT2D eigenvalue weighted by Gasteiger charge is 2.17. The minimum Gasteiger partial charge on any atom is -0.464 e. The highest BCUT2D eigenvalue weighted by molar-refractivity contribution is 5.94. The van der Waals surface area contributed by atoms with Crippen LogP contribution in [0.4, 0.5) is 20.6 Å². The van der Waals surface area contributed by atoms with E-state index in [1.165, 1.54) is 12.1 Å². The molecule has 0 unspecified atom stereocenters. The molecule has 1 amide bonds. The van der Waals surface area contributed by atoms with Crippen molar-refractivity contribution in [2.45, 2.75) is 6.61 Å². The van der Waals surface area contributed by atoms with Gasteiger partial charge < -0.3 is 10.2 Å². The number of anilines is 2. The van der Waals surface area contributed by atoms with Crippen LogP contribution in [0, 0.1) is 5.82 Å². The molecule has 0 bridgehead atoms. The van der Waals surface area contributed by atoms with Crippen molar-refractivity contribution in [3.05, 3.63) is 59.9 Å². The van der Waals surface area contributed by atoms with Gasteiger partial charge in [0, 0.05) is 5.56 Å². The quantitative estimate of drug-likeness (QED) is 0.892. The zero-order chi connectivity index (χ0) is 13.8. The Bertz CT molecular complexity index is 586. The van der Waals surface area contributed by atoms with Crippen molar-refractivity contribution in [1.29, 1.82) is 0 Å². The summed E-state index contributed by atoms with van der Waals surface area (Å²) in [4.78, 5) is 12.3. The minimum atomic E-state index is -1.21. The molecule has 2 aromatic rings.